The Morgan fingerprint density at radius 3 is 2.50 bits per heavy atom. The Bertz CT molecular complexity index is 1520. The molecule has 0 unspecified atom stereocenters. The van der Waals surface area contributed by atoms with Gasteiger partial charge in [0.05, 0.1) is 40.2 Å². The van der Waals surface area contributed by atoms with E-state index < -0.39 is 0 Å². The highest BCUT2D eigenvalue weighted by Gasteiger charge is 2.34. The van der Waals surface area contributed by atoms with E-state index in [1.807, 2.05) is 54.2 Å². The van der Waals surface area contributed by atoms with Crippen molar-refractivity contribution in [3.8, 4) is 5.75 Å². The first kappa shape index (κ1) is 15.3. The first-order valence-corrected chi connectivity index (χ1v) is 8.98. The summed E-state index contributed by atoms with van der Waals surface area (Å²) < 4.78 is 7.55. The number of aromatic nitrogens is 2. The second kappa shape index (κ2) is 4.92. The van der Waals surface area contributed by atoms with E-state index in [1.54, 1.807) is 7.11 Å². The van der Waals surface area contributed by atoms with Gasteiger partial charge in [-0.05, 0) is 18.2 Å². The summed E-state index contributed by atoms with van der Waals surface area (Å²) in [6.07, 6.45) is 1.96. The van der Waals surface area contributed by atoms with Crippen LogP contribution in [-0.4, -0.2) is 28.5 Å². The van der Waals surface area contributed by atoms with E-state index in [4.69, 9.17) is 4.74 Å². The van der Waals surface area contributed by atoms with Crippen LogP contribution < -0.4 is 10.1 Å². The molecular formula is C22H15N3O3. The summed E-state index contributed by atoms with van der Waals surface area (Å²) in [4.78, 5) is 29.1. The summed E-state index contributed by atoms with van der Waals surface area (Å²) in [5.41, 5.74) is 3.49. The van der Waals surface area contributed by atoms with Crippen molar-refractivity contribution < 1.29 is 14.3 Å². The van der Waals surface area contributed by atoms with Gasteiger partial charge in [0.2, 0.25) is 0 Å². The molecule has 136 valence electrons. The average molecular weight is 369 g/mol. The molecule has 2 N–H and O–H groups in total. The predicted octanol–water partition coefficient (Wildman–Crippen LogP) is 3.86. The number of H-pyrrole nitrogens is 1. The summed E-state index contributed by atoms with van der Waals surface area (Å²) in [5, 5.41) is 6.76. The van der Waals surface area contributed by atoms with Crippen molar-refractivity contribution in [2.45, 2.75) is 0 Å². The molecule has 0 bridgehead atoms. The fourth-order valence-corrected chi connectivity index (χ4v) is 4.62. The van der Waals surface area contributed by atoms with Gasteiger partial charge in [0.15, 0.2) is 0 Å². The number of hydrogen-bond donors (Lipinski definition) is 2. The number of aromatic amines is 1. The van der Waals surface area contributed by atoms with Crippen molar-refractivity contribution in [1.29, 1.82) is 0 Å². The fraction of sp³-hybridized carbons (Fsp3) is 0.0909. The zero-order valence-corrected chi connectivity index (χ0v) is 15.2. The van der Waals surface area contributed by atoms with Crippen LogP contribution in [0.25, 0.3) is 43.5 Å². The number of ether oxygens (including phenoxy) is 1. The number of fused-ring (bicyclic) bond motifs is 10. The van der Waals surface area contributed by atoms with Crippen LogP contribution in [-0.2, 0) is 7.05 Å². The lowest BCUT2D eigenvalue weighted by Crippen LogP contribution is -2.20. The van der Waals surface area contributed by atoms with Gasteiger partial charge in [0, 0.05) is 34.8 Å². The van der Waals surface area contributed by atoms with E-state index in [1.165, 1.54) is 0 Å². The molecule has 2 amide bonds. The Morgan fingerprint density at radius 2 is 1.71 bits per heavy atom. The molecule has 6 nitrogen and oxygen atoms in total. The van der Waals surface area contributed by atoms with E-state index in [0.29, 0.717) is 16.9 Å². The monoisotopic (exact) mass is 369 g/mol. The van der Waals surface area contributed by atoms with E-state index >= 15 is 0 Å². The average Bonchev–Trinajstić information content (AvgIpc) is 3.35. The lowest BCUT2D eigenvalue weighted by Gasteiger charge is -2.10. The van der Waals surface area contributed by atoms with Crippen molar-refractivity contribution >= 4 is 55.3 Å². The first-order chi connectivity index (χ1) is 13.6. The van der Waals surface area contributed by atoms with Crippen LogP contribution in [0.1, 0.15) is 20.7 Å². The molecule has 1 aliphatic rings. The minimum atomic E-state index is -0.370. The summed E-state index contributed by atoms with van der Waals surface area (Å²) in [6, 6.07) is 11.8. The first-order valence-electron chi connectivity index (χ1n) is 8.98. The molecule has 0 aliphatic carbocycles. The summed E-state index contributed by atoms with van der Waals surface area (Å²) in [6.45, 7) is 0. The summed E-state index contributed by atoms with van der Waals surface area (Å²) in [5.74, 6) is -0.0628. The SMILES string of the molecule is COc1cccc2[nH]c3c4ccc5ccn(C)c5c4c4c(c3c12)C(=O)NC4=O. The van der Waals surface area contributed by atoms with Crippen LogP contribution in [0.5, 0.6) is 5.75 Å². The van der Waals surface area contributed by atoms with Crippen LogP contribution in [0.15, 0.2) is 42.6 Å². The molecule has 3 heterocycles. The Morgan fingerprint density at radius 1 is 0.929 bits per heavy atom. The molecular weight excluding hydrogens is 354 g/mol. The molecule has 6 rings (SSSR count). The number of hydrogen-bond acceptors (Lipinski definition) is 3. The van der Waals surface area contributed by atoms with Gasteiger partial charge in [-0.15, -0.1) is 0 Å². The molecule has 2 aromatic heterocycles. The van der Waals surface area contributed by atoms with Crippen molar-refractivity contribution in [2.24, 2.45) is 7.05 Å². The van der Waals surface area contributed by atoms with Crippen LogP contribution in [0.2, 0.25) is 0 Å². The minimum Gasteiger partial charge on any atom is -0.496 e. The Balaban J connectivity index is 2.02. The smallest absolute Gasteiger partial charge is 0.259 e. The number of rotatable bonds is 1. The maximum atomic E-state index is 12.8. The quantitative estimate of drug-likeness (QED) is 0.441. The van der Waals surface area contributed by atoms with E-state index in [9.17, 15) is 9.59 Å². The van der Waals surface area contributed by atoms with Crippen molar-refractivity contribution in [3.05, 3.63) is 53.7 Å². The van der Waals surface area contributed by atoms with E-state index in [0.717, 1.165) is 43.5 Å². The number of amides is 2. The van der Waals surface area contributed by atoms with Gasteiger partial charge < -0.3 is 14.3 Å². The molecule has 0 spiro atoms. The normalized spacial score (nSPS) is 13.8. The van der Waals surface area contributed by atoms with Gasteiger partial charge >= 0.3 is 0 Å². The molecule has 0 saturated carbocycles. The summed E-state index contributed by atoms with van der Waals surface area (Å²) in [7, 11) is 3.55. The number of carbonyl (C=O) groups is 2. The summed E-state index contributed by atoms with van der Waals surface area (Å²) >= 11 is 0. The van der Waals surface area contributed by atoms with E-state index in [-0.39, 0.29) is 11.8 Å². The highest BCUT2D eigenvalue weighted by Crippen LogP contribution is 2.44. The number of imide groups is 1. The zero-order valence-electron chi connectivity index (χ0n) is 15.2. The molecule has 5 aromatic rings. The molecule has 28 heavy (non-hydrogen) atoms. The van der Waals surface area contributed by atoms with Crippen LogP contribution in [0, 0.1) is 0 Å². The highest BCUT2D eigenvalue weighted by atomic mass is 16.5. The predicted molar refractivity (Wildman–Crippen MR) is 108 cm³/mol. The standard InChI is InChI=1S/C22H15N3O3/c1-25-9-8-10-6-7-11-14(20(10)25)17-18(22(27)24-21(17)26)16-15-12(23-19(11)16)4-3-5-13(15)28-2/h3-9,23H,1-2H3,(H,24,26,27). The fourth-order valence-electron chi connectivity index (χ4n) is 4.62. The molecule has 0 fully saturated rings. The third-order valence-corrected chi connectivity index (χ3v) is 5.75. The van der Waals surface area contributed by atoms with Crippen LogP contribution >= 0.6 is 0 Å². The van der Waals surface area contributed by atoms with E-state index in [2.05, 4.69) is 10.3 Å². The lowest BCUT2D eigenvalue weighted by atomic mass is 9.93. The zero-order chi connectivity index (χ0) is 19.2. The van der Waals surface area contributed by atoms with Crippen LogP contribution in [0.3, 0.4) is 0 Å². The molecule has 0 atom stereocenters. The number of aryl methyl sites for hydroxylation is 1. The second-order valence-electron chi connectivity index (χ2n) is 7.14. The van der Waals surface area contributed by atoms with Gasteiger partial charge in [-0.3, -0.25) is 14.9 Å². The Hall–Kier alpha value is -3.80. The number of carbonyl (C=O) groups excluding carboxylic acids is 2. The van der Waals surface area contributed by atoms with Gasteiger partial charge in [-0.2, -0.15) is 0 Å². The van der Waals surface area contributed by atoms with Gasteiger partial charge in [-0.25, -0.2) is 0 Å². The Labute approximate surface area is 158 Å². The molecule has 0 saturated heterocycles. The Kier molecular flexibility index (Phi) is 2.69. The van der Waals surface area contributed by atoms with Gasteiger partial charge in [0.25, 0.3) is 11.8 Å². The minimum absolute atomic E-state index is 0.357. The van der Waals surface area contributed by atoms with Crippen LogP contribution in [0.4, 0.5) is 0 Å². The molecule has 3 aromatic carbocycles. The van der Waals surface area contributed by atoms with Crippen molar-refractivity contribution in [3.63, 3.8) is 0 Å². The number of methoxy groups -OCH3 is 1. The topological polar surface area (TPSA) is 76.1 Å². The lowest BCUT2D eigenvalue weighted by molar-refractivity contribution is 0.0880. The van der Waals surface area contributed by atoms with Gasteiger partial charge in [0.1, 0.15) is 5.75 Å². The van der Waals surface area contributed by atoms with Gasteiger partial charge in [-0.1, -0.05) is 18.2 Å². The largest absolute Gasteiger partial charge is 0.496 e. The number of benzene rings is 3. The number of nitrogens with one attached hydrogen (secondary N) is 2. The van der Waals surface area contributed by atoms with Crippen molar-refractivity contribution in [2.75, 3.05) is 7.11 Å². The maximum Gasteiger partial charge on any atom is 0.259 e. The molecule has 6 heteroatoms. The number of nitrogens with zero attached hydrogens (tertiary/aromatic N) is 1. The maximum absolute atomic E-state index is 12.8. The third-order valence-electron chi connectivity index (χ3n) is 5.75. The third kappa shape index (κ3) is 1.63. The molecule has 0 radical (unpaired) electrons. The van der Waals surface area contributed by atoms with Crippen molar-refractivity contribution in [1.82, 2.24) is 14.9 Å². The highest BCUT2D eigenvalue weighted by molar-refractivity contribution is 6.39. The second-order valence-corrected chi connectivity index (χ2v) is 7.14. The molecule has 1 aliphatic heterocycles.